The van der Waals surface area contributed by atoms with E-state index in [4.69, 9.17) is 4.74 Å². The minimum absolute atomic E-state index is 0.307. The molecule has 1 heterocycles. The molecule has 112 valence electrons. The number of para-hydroxylation sites is 1. The minimum atomic E-state index is -0.307. The van der Waals surface area contributed by atoms with Crippen LogP contribution in [0.1, 0.15) is 19.4 Å². The number of ether oxygens (including phenoxy) is 1. The molecule has 0 N–H and O–H groups in total. The smallest absolute Gasteiger partial charge is 0.330 e. The van der Waals surface area contributed by atoms with E-state index in [1.54, 1.807) is 13.0 Å². The molecule has 0 amide bonds. The second-order valence-corrected chi connectivity index (χ2v) is 5.12. The second-order valence-electron chi connectivity index (χ2n) is 5.12. The molecule has 1 aromatic heterocycles. The third kappa shape index (κ3) is 2.50. The predicted octanol–water partition coefficient (Wildman–Crippen LogP) is 4.39. The fourth-order valence-electron chi connectivity index (χ4n) is 2.87. The van der Waals surface area contributed by atoms with Crippen molar-refractivity contribution in [2.75, 3.05) is 6.61 Å². The Labute approximate surface area is 129 Å². The maximum Gasteiger partial charge on any atom is 0.330 e. The first-order chi connectivity index (χ1) is 10.7. The molecule has 3 nitrogen and oxygen atoms in total. The first kappa shape index (κ1) is 14.4. The van der Waals surface area contributed by atoms with Crippen molar-refractivity contribution in [1.29, 1.82) is 0 Å². The maximum atomic E-state index is 11.4. The summed E-state index contributed by atoms with van der Waals surface area (Å²) in [5.41, 5.74) is 3.46. The van der Waals surface area contributed by atoms with Crippen LogP contribution in [0.4, 0.5) is 0 Å². The number of nitrogens with zero attached hydrogens (tertiary/aromatic N) is 1. The third-order valence-electron chi connectivity index (χ3n) is 3.81. The van der Waals surface area contributed by atoms with E-state index in [0.29, 0.717) is 6.61 Å². The highest BCUT2D eigenvalue weighted by atomic mass is 16.5. The quantitative estimate of drug-likeness (QED) is 0.527. The van der Waals surface area contributed by atoms with Gasteiger partial charge in [0, 0.05) is 34.4 Å². The van der Waals surface area contributed by atoms with E-state index < -0.39 is 0 Å². The van der Waals surface area contributed by atoms with Gasteiger partial charge in [-0.25, -0.2) is 4.79 Å². The van der Waals surface area contributed by atoms with Crippen LogP contribution >= 0.6 is 0 Å². The van der Waals surface area contributed by atoms with E-state index in [1.807, 2.05) is 6.07 Å². The number of rotatable bonds is 4. The van der Waals surface area contributed by atoms with E-state index in [9.17, 15) is 4.79 Å². The number of benzene rings is 2. The standard InChI is InChI=1S/C19H19NO2/c1-3-20-17-8-6-5-7-15(17)16-13-14(9-11-18(16)20)10-12-19(21)22-4-2/h5-13H,3-4H2,1-2H3. The zero-order chi connectivity index (χ0) is 15.5. The number of carbonyl (C=O) groups is 1. The molecule has 0 spiro atoms. The molecule has 22 heavy (non-hydrogen) atoms. The zero-order valence-electron chi connectivity index (χ0n) is 12.9. The summed E-state index contributed by atoms with van der Waals surface area (Å²) in [6.07, 6.45) is 3.28. The number of fused-ring (bicyclic) bond motifs is 3. The molecule has 0 atom stereocenters. The van der Waals surface area contributed by atoms with Gasteiger partial charge in [0.1, 0.15) is 0 Å². The molecular formula is C19H19NO2. The molecule has 2 aromatic carbocycles. The fourth-order valence-corrected chi connectivity index (χ4v) is 2.87. The van der Waals surface area contributed by atoms with Crippen LogP contribution < -0.4 is 0 Å². The van der Waals surface area contributed by atoms with E-state index in [0.717, 1.165) is 12.1 Å². The van der Waals surface area contributed by atoms with Gasteiger partial charge in [0.15, 0.2) is 0 Å². The van der Waals surface area contributed by atoms with Gasteiger partial charge >= 0.3 is 5.97 Å². The van der Waals surface area contributed by atoms with Gasteiger partial charge in [-0.15, -0.1) is 0 Å². The predicted molar refractivity (Wildman–Crippen MR) is 90.8 cm³/mol. The SMILES string of the molecule is CCOC(=O)C=Cc1ccc2c(c1)c1ccccc1n2CC. The van der Waals surface area contributed by atoms with E-state index in [2.05, 4.69) is 47.9 Å². The van der Waals surface area contributed by atoms with Crippen molar-refractivity contribution in [2.24, 2.45) is 0 Å². The van der Waals surface area contributed by atoms with Gasteiger partial charge in [-0.1, -0.05) is 24.3 Å². The highest BCUT2D eigenvalue weighted by molar-refractivity contribution is 6.08. The Balaban J connectivity index is 2.10. The van der Waals surface area contributed by atoms with Crippen molar-refractivity contribution in [3.05, 3.63) is 54.1 Å². The van der Waals surface area contributed by atoms with Crippen LogP contribution in [0.25, 0.3) is 27.9 Å². The Morgan fingerprint density at radius 2 is 1.86 bits per heavy atom. The lowest BCUT2D eigenvalue weighted by molar-refractivity contribution is -0.137. The summed E-state index contributed by atoms with van der Waals surface area (Å²) < 4.78 is 7.22. The molecule has 0 saturated heterocycles. The summed E-state index contributed by atoms with van der Waals surface area (Å²) in [6, 6.07) is 14.7. The summed E-state index contributed by atoms with van der Waals surface area (Å²) in [4.78, 5) is 11.4. The molecule has 0 aliphatic carbocycles. The fraction of sp³-hybridized carbons (Fsp3) is 0.211. The number of hydrogen-bond donors (Lipinski definition) is 0. The molecule has 0 bridgehead atoms. The Hall–Kier alpha value is -2.55. The van der Waals surface area contributed by atoms with Crippen LogP contribution in [0.5, 0.6) is 0 Å². The van der Waals surface area contributed by atoms with Gasteiger partial charge in [-0.3, -0.25) is 0 Å². The number of carbonyl (C=O) groups excluding carboxylic acids is 1. The number of hydrogen-bond acceptors (Lipinski definition) is 2. The monoisotopic (exact) mass is 293 g/mol. The van der Waals surface area contributed by atoms with Gasteiger partial charge in [-0.05, 0) is 43.7 Å². The Bertz CT molecular complexity index is 858. The zero-order valence-corrected chi connectivity index (χ0v) is 12.9. The lowest BCUT2D eigenvalue weighted by Crippen LogP contribution is -1.98. The van der Waals surface area contributed by atoms with Crippen molar-refractivity contribution in [2.45, 2.75) is 20.4 Å². The lowest BCUT2D eigenvalue weighted by atomic mass is 10.1. The normalized spacial score (nSPS) is 11.5. The second kappa shape index (κ2) is 6.06. The molecule has 3 heteroatoms. The van der Waals surface area contributed by atoms with Gasteiger partial charge in [0.2, 0.25) is 0 Å². The third-order valence-corrected chi connectivity index (χ3v) is 3.81. The number of aryl methyl sites for hydroxylation is 1. The Morgan fingerprint density at radius 3 is 2.64 bits per heavy atom. The van der Waals surface area contributed by atoms with Gasteiger partial charge < -0.3 is 9.30 Å². The first-order valence-electron chi connectivity index (χ1n) is 7.60. The van der Waals surface area contributed by atoms with Crippen LogP contribution in [0, 0.1) is 0 Å². The van der Waals surface area contributed by atoms with Crippen LogP contribution in [0.15, 0.2) is 48.5 Å². The van der Waals surface area contributed by atoms with Crippen molar-refractivity contribution in [3.8, 4) is 0 Å². The van der Waals surface area contributed by atoms with Crippen molar-refractivity contribution in [1.82, 2.24) is 4.57 Å². The van der Waals surface area contributed by atoms with Gasteiger partial charge in [-0.2, -0.15) is 0 Å². The molecule has 0 saturated carbocycles. The highest BCUT2D eigenvalue weighted by Gasteiger charge is 2.08. The summed E-state index contributed by atoms with van der Waals surface area (Å²) >= 11 is 0. The molecular weight excluding hydrogens is 274 g/mol. The summed E-state index contributed by atoms with van der Waals surface area (Å²) in [6.45, 7) is 5.28. The topological polar surface area (TPSA) is 31.2 Å². The van der Waals surface area contributed by atoms with Crippen LogP contribution in [0.3, 0.4) is 0 Å². The summed E-state index contributed by atoms with van der Waals surface area (Å²) in [5, 5.41) is 2.45. The van der Waals surface area contributed by atoms with E-state index >= 15 is 0 Å². The molecule has 3 aromatic rings. The van der Waals surface area contributed by atoms with Gasteiger partial charge in [0.05, 0.1) is 6.61 Å². The lowest BCUT2D eigenvalue weighted by Gasteiger charge is -2.02. The number of aromatic nitrogens is 1. The van der Waals surface area contributed by atoms with Crippen LogP contribution in [-0.2, 0) is 16.1 Å². The minimum Gasteiger partial charge on any atom is -0.463 e. The molecule has 3 rings (SSSR count). The van der Waals surface area contributed by atoms with Crippen molar-refractivity contribution >= 4 is 33.9 Å². The maximum absolute atomic E-state index is 11.4. The van der Waals surface area contributed by atoms with E-state index in [-0.39, 0.29) is 5.97 Å². The largest absolute Gasteiger partial charge is 0.463 e. The summed E-state index contributed by atoms with van der Waals surface area (Å²) in [7, 11) is 0. The highest BCUT2D eigenvalue weighted by Crippen LogP contribution is 2.29. The van der Waals surface area contributed by atoms with Crippen molar-refractivity contribution in [3.63, 3.8) is 0 Å². The average molecular weight is 293 g/mol. The Morgan fingerprint density at radius 1 is 1.09 bits per heavy atom. The van der Waals surface area contributed by atoms with E-state index in [1.165, 1.54) is 27.9 Å². The molecule has 0 radical (unpaired) electrons. The van der Waals surface area contributed by atoms with Crippen LogP contribution in [0.2, 0.25) is 0 Å². The molecule has 0 unspecified atom stereocenters. The number of esters is 1. The summed E-state index contributed by atoms with van der Waals surface area (Å²) in [5.74, 6) is -0.307. The molecule has 0 fully saturated rings. The molecule has 0 aliphatic heterocycles. The van der Waals surface area contributed by atoms with Gasteiger partial charge in [0.25, 0.3) is 0 Å². The average Bonchev–Trinajstić information content (AvgIpc) is 2.86. The Kier molecular flexibility index (Phi) is 3.96. The van der Waals surface area contributed by atoms with Crippen molar-refractivity contribution < 1.29 is 9.53 Å². The molecule has 0 aliphatic rings. The van der Waals surface area contributed by atoms with Crippen LogP contribution in [-0.4, -0.2) is 17.1 Å². The first-order valence-corrected chi connectivity index (χ1v) is 7.60.